The zero-order valence-corrected chi connectivity index (χ0v) is 22.7. The molecule has 0 N–H and O–H groups in total. The van der Waals surface area contributed by atoms with Crippen LogP contribution in [0.3, 0.4) is 0 Å². The van der Waals surface area contributed by atoms with E-state index in [2.05, 4.69) is 91.8 Å². The predicted molar refractivity (Wildman–Crippen MR) is 153 cm³/mol. The summed E-state index contributed by atoms with van der Waals surface area (Å²) in [4.78, 5) is 14.3. The lowest BCUT2D eigenvalue weighted by atomic mass is 9.98. The maximum absolute atomic E-state index is 4.97. The van der Waals surface area contributed by atoms with E-state index in [-0.39, 0.29) is 0 Å². The first kappa shape index (κ1) is 23.3. The van der Waals surface area contributed by atoms with Crippen LogP contribution < -0.4 is 0 Å². The van der Waals surface area contributed by atoms with Crippen LogP contribution in [0.4, 0.5) is 0 Å². The molecule has 4 nitrogen and oxygen atoms in total. The van der Waals surface area contributed by atoms with E-state index < -0.39 is 0 Å². The van der Waals surface area contributed by atoms with Crippen molar-refractivity contribution < 1.29 is 0 Å². The van der Waals surface area contributed by atoms with Crippen molar-refractivity contribution >= 4 is 48.8 Å². The van der Waals surface area contributed by atoms with E-state index in [0.29, 0.717) is 17.8 Å². The van der Waals surface area contributed by atoms with Gasteiger partial charge in [0.25, 0.3) is 0 Å². The second kappa shape index (κ2) is 9.41. The molecular formula is C30H30N4S2. The van der Waals surface area contributed by atoms with E-state index in [4.69, 9.17) is 9.97 Å². The zero-order chi connectivity index (χ0) is 24.8. The number of aromatic nitrogens is 4. The molecule has 6 aromatic rings. The highest BCUT2D eigenvalue weighted by atomic mass is 32.1. The minimum Gasteiger partial charge on any atom is -0.307 e. The first-order valence-corrected chi connectivity index (χ1v) is 14.3. The van der Waals surface area contributed by atoms with Gasteiger partial charge in [0, 0.05) is 31.4 Å². The second-order valence-electron chi connectivity index (χ2n) is 10.2. The Balaban J connectivity index is 1.18. The van der Waals surface area contributed by atoms with Crippen LogP contribution in [0.25, 0.3) is 26.1 Å². The lowest BCUT2D eigenvalue weighted by Crippen LogP contribution is -1.99. The summed E-state index contributed by atoms with van der Waals surface area (Å²) in [6.45, 7) is 9.06. The summed E-state index contributed by atoms with van der Waals surface area (Å²) in [7, 11) is 0. The Labute approximate surface area is 219 Å². The van der Waals surface area contributed by atoms with Crippen LogP contribution >= 0.6 is 22.7 Å². The SMILES string of the molecule is CC(C)c1ccc2sc(CC(C)c3ccc4nc(CC(C)c5ccc6nccn6c5)sc4c3)nc2c1. The molecule has 4 heterocycles. The van der Waals surface area contributed by atoms with Gasteiger partial charge in [0.1, 0.15) is 5.65 Å². The molecule has 36 heavy (non-hydrogen) atoms. The number of nitrogens with zero attached hydrogens (tertiary/aromatic N) is 4. The molecule has 182 valence electrons. The summed E-state index contributed by atoms with van der Waals surface area (Å²) >= 11 is 3.66. The van der Waals surface area contributed by atoms with Gasteiger partial charge in [-0.25, -0.2) is 15.0 Å². The summed E-state index contributed by atoms with van der Waals surface area (Å²) in [5.74, 6) is 1.33. The predicted octanol–water partition coefficient (Wildman–Crippen LogP) is 8.37. The standard InChI is InChI=1S/C30H30N4S2/c1-18(2)21-6-9-26-25(15-21)33-30(35-26)13-19(3)22-5-8-24-27(16-22)36-29(32-24)14-20(4)23-7-10-28-31-11-12-34(28)17-23/h5-12,15-20H,13-14H2,1-4H3. The number of hydrogen-bond acceptors (Lipinski definition) is 5. The maximum atomic E-state index is 4.97. The van der Waals surface area contributed by atoms with Crippen molar-refractivity contribution in [3.05, 3.63) is 93.8 Å². The third kappa shape index (κ3) is 4.56. The number of fused-ring (bicyclic) bond motifs is 3. The minimum absolute atomic E-state index is 0.394. The molecule has 2 aromatic carbocycles. The highest BCUT2D eigenvalue weighted by Gasteiger charge is 2.15. The average molecular weight is 511 g/mol. The number of benzene rings is 2. The van der Waals surface area contributed by atoms with Gasteiger partial charge >= 0.3 is 0 Å². The van der Waals surface area contributed by atoms with Crippen molar-refractivity contribution in [2.45, 2.75) is 58.3 Å². The third-order valence-electron chi connectivity index (χ3n) is 7.09. The van der Waals surface area contributed by atoms with Gasteiger partial charge in [0.05, 0.1) is 30.4 Å². The molecule has 0 aliphatic rings. The van der Waals surface area contributed by atoms with Gasteiger partial charge in [-0.15, -0.1) is 22.7 Å². The average Bonchev–Trinajstić information content (AvgIpc) is 3.59. The molecule has 0 spiro atoms. The molecular weight excluding hydrogens is 480 g/mol. The van der Waals surface area contributed by atoms with E-state index in [1.54, 1.807) is 0 Å². The molecule has 6 heteroatoms. The fourth-order valence-electron chi connectivity index (χ4n) is 4.81. The highest BCUT2D eigenvalue weighted by Crippen LogP contribution is 2.33. The van der Waals surface area contributed by atoms with Crippen LogP contribution in [0.2, 0.25) is 0 Å². The van der Waals surface area contributed by atoms with Crippen LogP contribution in [-0.4, -0.2) is 19.4 Å². The van der Waals surface area contributed by atoms with E-state index in [0.717, 1.165) is 29.5 Å². The van der Waals surface area contributed by atoms with Gasteiger partial charge in [-0.05, 0) is 64.8 Å². The topological polar surface area (TPSA) is 43.1 Å². The van der Waals surface area contributed by atoms with E-state index in [1.807, 2.05) is 35.1 Å². The summed E-state index contributed by atoms with van der Waals surface area (Å²) in [6, 6.07) is 17.8. The molecule has 0 fully saturated rings. The Bertz CT molecular complexity index is 1670. The van der Waals surface area contributed by atoms with Crippen molar-refractivity contribution in [2.24, 2.45) is 0 Å². The minimum atomic E-state index is 0.394. The Morgan fingerprint density at radius 2 is 1.42 bits per heavy atom. The Morgan fingerprint density at radius 1 is 0.722 bits per heavy atom. The van der Waals surface area contributed by atoms with E-state index in [1.165, 1.54) is 36.1 Å². The summed E-state index contributed by atoms with van der Waals surface area (Å²) in [5, 5.41) is 2.41. The van der Waals surface area contributed by atoms with Crippen molar-refractivity contribution in [3.63, 3.8) is 0 Å². The van der Waals surface area contributed by atoms with Gasteiger partial charge in [0.15, 0.2) is 0 Å². The normalized spacial score (nSPS) is 13.8. The highest BCUT2D eigenvalue weighted by molar-refractivity contribution is 7.18. The van der Waals surface area contributed by atoms with Crippen LogP contribution in [0.1, 0.15) is 72.2 Å². The summed E-state index contributed by atoms with van der Waals surface area (Å²) in [5.41, 5.74) is 7.25. The van der Waals surface area contributed by atoms with Crippen LogP contribution in [-0.2, 0) is 12.8 Å². The lowest BCUT2D eigenvalue weighted by molar-refractivity contribution is 0.749. The number of rotatable bonds is 7. The van der Waals surface area contributed by atoms with E-state index in [9.17, 15) is 0 Å². The maximum Gasteiger partial charge on any atom is 0.136 e. The molecule has 0 saturated heterocycles. The van der Waals surface area contributed by atoms with E-state index >= 15 is 0 Å². The molecule has 0 amide bonds. The first-order valence-electron chi connectivity index (χ1n) is 12.6. The van der Waals surface area contributed by atoms with Gasteiger partial charge in [-0.2, -0.15) is 0 Å². The largest absolute Gasteiger partial charge is 0.307 e. The van der Waals surface area contributed by atoms with Gasteiger partial charge in [-0.1, -0.05) is 45.9 Å². The number of pyridine rings is 1. The van der Waals surface area contributed by atoms with Crippen molar-refractivity contribution in [1.29, 1.82) is 0 Å². The molecule has 0 aliphatic heterocycles. The molecule has 0 saturated carbocycles. The Hall–Kier alpha value is -3.09. The fourth-order valence-corrected chi connectivity index (χ4v) is 7.03. The number of hydrogen-bond donors (Lipinski definition) is 0. The number of thiazole rings is 2. The van der Waals surface area contributed by atoms with Crippen LogP contribution in [0, 0.1) is 0 Å². The smallest absolute Gasteiger partial charge is 0.136 e. The van der Waals surface area contributed by atoms with Crippen LogP contribution in [0.15, 0.2) is 67.1 Å². The molecule has 0 radical (unpaired) electrons. The van der Waals surface area contributed by atoms with Crippen molar-refractivity contribution in [2.75, 3.05) is 0 Å². The zero-order valence-electron chi connectivity index (χ0n) is 21.1. The van der Waals surface area contributed by atoms with Gasteiger partial charge in [0.2, 0.25) is 0 Å². The first-order chi connectivity index (χ1) is 17.4. The Kier molecular flexibility index (Phi) is 6.10. The summed E-state index contributed by atoms with van der Waals surface area (Å²) in [6.07, 6.45) is 7.93. The lowest BCUT2D eigenvalue weighted by Gasteiger charge is -2.10. The fraction of sp³-hybridized carbons (Fsp3) is 0.300. The monoisotopic (exact) mass is 510 g/mol. The number of imidazole rings is 1. The molecule has 0 bridgehead atoms. The van der Waals surface area contributed by atoms with Crippen molar-refractivity contribution in [3.8, 4) is 0 Å². The van der Waals surface area contributed by atoms with Crippen LogP contribution in [0.5, 0.6) is 0 Å². The van der Waals surface area contributed by atoms with Gasteiger partial charge in [-0.3, -0.25) is 0 Å². The quantitative estimate of drug-likeness (QED) is 0.217. The van der Waals surface area contributed by atoms with Gasteiger partial charge < -0.3 is 4.40 Å². The third-order valence-corrected chi connectivity index (χ3v) is 9.19. The molecule has 0 aliphatic carbocycles. The molecule has 4 aromatic heterocycles. The molecule has 6 rings (SSSR count). The Morgan fingerprint density at radius 3 is 2.22 bits per heavy atom. The van der Waals surface area contributed by atoms with Crippen molar-refractivity contribution in [1.82, 2.24) is 19.4 Å². The second-order valence-corrected chi connectivity index (χ2v) is 12.4. The summed E-state index contributed by atoms with van der Waals surface area (Å²) < 4.78 is 4.65. The molecule has 2 unspecified atom stereocenters. The molecule has 2 atom stereocenters.